The van der Waals surface area contributed by atoms with E-state index in [0.29, 0.717) is 6.92 Å². The molecule has 0 aliphatic rings. The van der Waals surface area contributed by atoms with Crippen LogP contribution in [-0.4, -0.2) is 20.9 Å². The molecule has 0 amide bonds. The van der Waals surface area contributed by atoms with E-state index in [9.17, 15) is 17.2 Å². The van der Waals surface area contributed by atoms with E-state index in [0.717, 1.165) is 5.57 Å². The number of rotatable bonds is 5. The first kappa shape index (κ1) is 15.2. The van der Waals surface area contributed by atoms with Crippen molar-refractivity contribution in [2.75, 3.05) is 6.54 Å². The first-order valence-electron chi connectivity index (χ1n) is 4.74. The van der Waals surface area contributed by atoms with Crippen molar-refractivity contribution in [1.29, 1.82) is 0 Å². The van der Waals surface area contributed by atoms with Gasteiger partial charge in [0.15, 0.2) is 0 Å². The van der Waals surface area contributed by atoms with Crippen LogP contribution in [0.2, 0.25) is 0 Å². The molecule has 0 saturated carbocycles. The Kier molecular flexibility index (Phi) is 5.28. The highest BCUT2D eigenvalue weighted by Gasteiger charge is 2.24. The van der Waals surface area contributed by atoms with Gasteiger partial charge in [-0.15, -0.1) is 0 Å². The van der Waals surface area contributed by atoms with Crippen molar-refractivity contribution in [2.24, 2.45) is 0 Å². The Labute approximate surface area is 95.3 Å². The predicted octanol–water partition coefficient (Wildman–Crippen LogP) is 2.43. The molecule has 1 N–H and O–H groups in total. The third-order valence-corrected chi connectivity index (χ3v) is 3.16. The molecule has 94 valence electrons. The molecule has 0 radical (unpaired) electrons. The molecule has 0 heterocycles. The second kappa shape index (κ2) is 5.54. The van der Waals surface area contributed by atoms with Crippen LogP contribution in [0.1, 0.15) is 27.7 Å². The van der Waals surface area contributed by atoms with E-state index in [1.807, 2.05) is 18.6 Å². The minimum absolute atomic E-state index is 0.0120. The van der Waals surface area contributed by atoms with E-state index < -0.39 is 22.5 Å². The highest BCUT2D eigenvalue weighted by atomic mass is 32.2. The SMILES string of the molecule is CC(C)=C/C=C(\C)S(=O)(=O)NCC(C)(F)F. The summed E-state index contributed by atoms with van der Waals surface area (Å²) in [6.45, 7) is 4.74. The number of nitrogens with one attached hydrogen (secondary N) is 1. The summed E-state index contributed by atoms with van der Waals surface area (Å²) in [6, 6.07) is 0. The van der Waals surface area contributed by atoms with Crippen molar-refractivity contribution >= 4 is 10.0 Å². The third-order valence-electron chi connectivity index (χ3n) is 1.65. The summed E-state index contributed by atoms with van der Waals surface area (Å²) in [7, 11) is -3.80. The van der Waals surface area contributed by atoms with Gasteiger partial charge in [-0.2, -0.15) is 0 Å². The highest BCUT2D eigenvalue weighted by Crippen LogP contribution is 2.11. The summed E-state index contributed by atoms with van der Waals surface area (Å²) in [5.74, 6) is -3.05. The van der Waals surface area contributed by atoms with Gasteiger partial charge in [-0.25, -0.2) is 21.9 Å². The lowest BCUT2D eigenvalue weighted by Crippen LogP contribution is -2.34. The van der Waals surface area contributed by atoms with E-state index in [1.165, 1.54) is 13.0 Å². The van der Waals surface area contributed by atoms with Crippen LogP contribution in [0.15, 0.2) is 22.6 Å². The lowest BCUT2D eigenvalue weighted by Gasteiger charge is -2.11. The molecule has 0 rings (SSSR count). The van der Waals surface area contributed by atoms with Gasteiger partial charge in [0, 0.05) is 6.92 Å². The molecular formula is C10H17F2NO2S. The third kappa shape index (κ3) is 6.68. The zero-order valence-corrected chi connectivity index (χ0v) is 10.7. The minimum atomic E-state index is -3.80. The van der Waals surface area contributed by atoms with Gasteiger partial charge in [-0.05, 0) is 26.8 Å². The maximum absolute atomic E-state index is 12.5. The van der Waals surface area contributed by atoms with Gasteiger partial charge < -0.3 is 0 Å². The Morgan fingerprint density at radius 1 is 1.25 bits per heavy atom. The number of allylic oxidation sites excluding steroid dienone is 4. The number of alkyl halides is 2. The largest absolute Gasteiger partial charge is 0.258 e. The molecule has 0 aliphatic heterocycles. The van der Waals surface area contributed by atoms with Crippen LogP contribution in [0.3, 0.4) is 0 Å². The molecule has 0 fully saturated rings. The Bertz CT molecular complexity index is 388. The van der Waals surface area contributed by atoms with Gasteiger partial charge in [0.25, 0.3) is 5.92 Å². The van der Waals surface area contributed by atoms with Crippen LogP contribution >= 0.6 is 0 Å². The smallest absolute Gasteiger partial charge is 0.207 e. The normalized spacial score (nSPS) is 13.8. The van der Waals surface area contributed by atoms with Gasteiger partial charge in [0.05, 0.1) is 11.4 Å². The van der Waals surface area contributed by atoms with E-state index in [1.54, 1.807) is 6.08 Å². The van der Waals surface area contributed by atoms with Crippen molar-refractivity contribution in [1.82, 2.24) is 4.72 Å². The summed E-state index contributed by atoms with van der Waals surface area (Å²) in [5.41, 5.74) is 0.926. The van der Waals surface area contributed by atoms with E-state index in [2.05, 4.69) is 0 Å². The molecule has 0 unspecified atom stereocenters. The van der Waals surface area contributed by atoms with Crippen molar-refractivity contribution in [3.05, 3.63) is 22.6 Å². The highest BCUT2D eigenvalue weighted by molar-refractivity contribution is 7.93. The van der Waals surface area contributed by atoms with E-state index >= 15 is 0 Å². The van der Waals surface area contributed by atoms with Crippen LogP contribution in [0.4, 0.5) is 8.78 Å². The Hall–Kier alpha value is -0.750. The molecule has 0 spiro atoms. The van der Waals surface area contributed by atoms with Crippen LogP contribution in [0.25, 0.3) is 0 Å². The molecule has 0 aliphatic carbocycles. The zero-order chi connectivity index (χ0) is 13.0. The Balaban J connectivity index is 4.69. The summed E-state index contributed by atoms with van der Waals surface area (Å²) in [6.07, 6.45) is 2.99. The first-order valence-corrected chi connectivity index (χ1v) is 6.22. The molecule has 16 heavy (non-hydrogen) atoms. The van der Waals surface area contributed by atoms with Gasteiger partial charge in [-0.1, -0.05) is 11.6 Å². The van der Waals surface area contributed by atoms with Gasteiger partial charge >= 0.3 is 0 Å². The summed E-state index contributed by atoms with van der Waals surface area (Å²) >= 11 is 0. The minimum Gasteiger partial charge on any atom is -0.207 e. The Morgan fingerprint density at radius 3 is 2.12 bits per heavy atom. The maximum atomic E-state index is 12.5. The van der Waals surface area contributed by atoms with Crippen molar-refractivity contribution in [2.45, 2.75) is 33.6 Å². The van der Waals surface area contributed by atoms with Crippen LogP contribution in [-0.2, 0) is 10.0 Å². The van der Waals surface area contributed by atoms with Gasteiger partial charge in [0.1, 0.15) is 0 Å². The molecule has 3 nitrogen and oxygen atoms in total. The fraction of sp³-hybridized carbons (Fsp3) is 0.600. The lowest BCUT2D eigenvalue weighted by atomic mass is 10.3. The topological polar surface area (TPSA) is 46.2 Å². The summed E-state index contributed by atoms with van der Waals surface area (Å²) < 4.78 is 49.7. The molecule has 0 atom stereocenters. The number of halogens is 2. The van der Waals surface area contributed by atoms with Crippen molar-refractivity contribution < 1.29 is 17.2 Å². The fourth-order valence-electron chi connectivity index (χ4n) is 0.709. The average Bonchev–Trinajstić information content (AvgIpc) is 2.10. The molecule has 0 aromatic carbocycles. The maximum Gasteiger partial charge on any atom is 0.258 e. The van der Waals surface area contributed by atoms with E-state index in [-0.39, 0.29) is 4.91 Å². The standard InChI is InChI=1S/C10H17F2NO2S/c1-8(2)5-6-9(3)16(14,15)13-7-10(4,11)12/h5-6,13H,7H2,1-4H3/b9-6+. The molecule has 6 heteroatoms. The van der Waals surface area contributed by atoms with Crippen molar-refractivity contribution in [3.8, 4) is 0 Å². The van der Waals surface area contributed by atoms with Crippen LogP contribution in [0.5, 0.6) is 0 Å². The molecule has 0 bridgehead atoms. The quantitative estimate of drug-likeness (QED) is 0.765. The monoisotopic (exact) mass is 253 g/mol. The molecule has 0 aromatic heterocycles. The molecule has 0 saturated heterocycles. The summed E-state index contributed by atoms with van der Waals surface area (Å²) in [4.78, 5) is 0.0120. The molecular weight excluding hydrogens is 236 g/mol. The number of hydrogen-bond donors (Lipinski definition) is 1. The lowest BCUT2D eigenvalue weighted by molar-refractivity contribution is 0.0282. The Morgan fingerprint density at radius 2 is 1.75 bits per heavy atom. The molecule has 0 aromatic rings. The van der Waals surface area contributed by atoms with Crippen LogP contribution in [0, 0.1) is 0 Å². The second-order valence-electron chi connectivity index (χ2n) is 3.92. The first-order chi connectivity index (χ1) is 7.04. The van der Waals surface area contributed by atoms with Crippen LogP contribution < -0.4 is 4.72 Å². The van der Waals surface area contributed by atoms with Gasteiger partial charge in [0.2, 0.25) is 10.0 Å². The van der Waals surface area contributed by atoms with Crippen molar-refractivity contribution in [3.63, 3.8) is 0 Å². The fourth-order valence-corrected chi connectivity index (χ4v) is 1.63. The van der Waals surface area contributed by atoms with Gasteiger partial charge in [-0.3, -0.25) is 0 Å². The second-order valence-corrected chi connectivity index (χ2v) is 5.86. The predicted molar refractivity (Wildman–Crippen MR) is 60.7 cm³/mol. The number of hydrogen-bond acceptors (Lipinski definition) is 2. The average molecular weight is 253 g/mol. The summed E-state index contributed by atoms with van der Waals surface area (Å²) in [5, 5.41) is 0. The van der Waals surface area contributed by atoms with E-state index in [4.69, 9.17) is 0 Å². The zero-order valence-electron chi connectivity index (χ0n) is 9.84. The number of sulfonamides is 1.